The zero-order valence-corrected chi connectivity index (χ0v) is 6.26. The first-order chi connectivity index (χ1) is 4.20. The van der Waals surface area contributed by atoms with Gasteiger partial charge in [0.2, 0.25) is 0 Å². The summed E-state index contributed by atoms with van der Waals surface area (Å²) >= 11 is 0. The quantitative estimate of drug-likeness (QED) is 0.493. The van der Waals surface area contributed by atoms with Gasteiger partial charge in [0.05, 0.1) is 12.7 Å². The van der Waals surface area contributed by atoms with Crippen molar-refractivity contribution in [1.82, 2.24) is 0 Å². The van der Waals surface area contributed by atoms with Crippen LogP contribution in [0.2, 0.25) is 0 Å². The van der Waals surface area contributed by atoms with Crippen molar-refractivity contribution in [2.24, 2.45) is 5.92 Å². The van der Waals surface area contributed by atoms with E-state index in [0.717, 1.165) is 6.61 Å². The summed E-state index contributed by atoms with van der Waals surface area (Å²) in [5.74, 6) is 0.543. The van der Waals surface area contributed by atoms with Crippen molar-refractivity contribution in [3.8, 4) is 0 Å². The predicted octanol–water partition coefficient (Wildman–Crippen LogP) is 1.40. The Hall–Kier alpha value is -0.0800. The first kappa shape index (κ1) is 7.03. The lowest BCUT2D eigenvalue weighted by Crippen LogP contribution is -2.35. The molecule has 0 saturated carbocycles. The van der Waals surface area contributed by atoms with Crippen molar-refractivity contribution in [3.05, 3.63) is 0 Å². The van der Waals surface area contributed by atoms with Crippen LogP contribution in [0, 0.1) is 5.92 Å². The molecule has 1 aliphatic rings. The van der Waals surface area contributed by atoms with Gasteiger partial charge in [0.1, 0.15) is 0 Å². The second kappa shape index (κ2) is 2.67. The molecule has 0 aromatic carbocycles. The Morgan fingerprint density at radius 3 is 2.33 bits per heavy atom. The normalized spacial score (nSPS) is 45.0. The van der Waals surface area contributed by atoms with Gasteiger partial charge in [0.25, 0.3) is 0 Å². The highest BCUT2D eigenvalue weighted by Crippen LogP contribution is 2.16. The zero-order valence-electron chi connectivity index (χ0n) is 6.26. The van der Waals surface area contributed by atoms with E-state index in [-0.39, 0.29) is 6.29 Å². The van der Waals surface area contributed by atoms with Gasteiger partial charge in [-0.2, -0.15) is 0 Å². The summed E-state index contributed by atoms with van der Waals surface area (Å²) in [6, 6.07) is 0. The number of rotatable bonds is 0. The van der Waals surface area contributed by atoms with Crippen LogP contribution in [-0.4, -0.2) is 19.0 Å². The third-order valence-corrected chi connectivity index (χ3v) is 1.80. The Balaban J connectivity index is 2.35. The minimum atomic E-state index is -0.00352. The molecule has 0 spiro atoms. The van der Waals surface area contributed by atoms with E-state index < -0.39 is 0 Å². The monoisotopic (exact) mass is 130 g/mol. The molecule has 9 heavy (non-hydrogen) atoms. The van der Waals surface area contributed by atoms with Gasteiger partial charge in [-0.25, -0.2) is 0 Å². The maximum absolute atomic E-state index is 5.38. The molecule has 54 valence electrons. The highest BCUT2D eigenvalue weighted by Gasteiger charge is 2.21. The average molecular weight is 130 g/mol. The van der Waals surface area contributed by atoms with Crippen LogP contribution in [0.15, 0.2) is 0 Å². The fraction of sp³-hybridized carbons (Fsp3) is 1.00. The van der Waals surface area contributed by atoms with E-state index >= 15 is 0 Å². The first-order valence-corrected chi connectivity index (χ1v) is 3.47. The highest BCUT2D eigenvalue weighted by atomic mass is 16.7. The van der Waals surface area contributed by atoms with Crippen LogP contribution in [0.4, 0.5) is 0 Å². The smallest absolute Gasteiger partial charge is 0.155 e. The lowest BCUT2D eigenvalue weighted by atomic mass is 10.1. The SMILES string of the molecule is C[C@@H]1OC[C@H](C)[C@H](C)O1. The molecule has 1 aliphatic heterocycles. The van der Waals surface area contributed by atoms with Crippen LogP contribution in [-0.2, 0) is 9.47 Å². The van der Waals surface area contributed by atoms with Crippen molar-refractivity contribution in [1.29, 1.82) is 0 Å². The molecular formula is C7H14O2. The van der Waals surface area contributed by atoms with Crippen molar-refractivity contribution in [3.63, 3.8) is 0 Å². The molecule has 1 heterocycles. The molecule has 3 atom stereocenters. The average Bonchev–Trinajstić information content (AvgIpc) is 1.80. The molecular weight excluding hydrogens is 116 g/mol. The second-order valence-electron chi connectivity index (χ2n) is 2.72. The van der Waals surface area contributed by atoms with Gasteiger partial charge < -0.3 is 9.47 Å². The van der Waals surface area contributed by atoms with E-state index in [0.29, 0.717) is 12.0 Å². The summed E-state index contributed by atoms with van der Waals surface area (Å²) in [4.78, 5) is 0. The third-order valence-electron chi connectivity index (χ3n) is 1.80. The summed E-state index contributed by atoms with van der Waals surface area (Å²) in [5.41, 5.74) is 0. The standard InChI is InChI=1S/C7H14O2/c1-5-4-8-7(3)9-6(5)2/h5-7H,4H2,1-3H3/t5-,6-,7+/m0/s1. The largest absolute Gasteiger partial charge is 0.353 e. The van der Waals surface area contributed by atoms with Gasteiger partial charge in [0.15, 0.2) is 6.29 Å². The Kier molecular flexibility index (Phi) is 2.09. The van der Waals surface area contributed by atoms with E-state index in [9.17, 15) is 0 Å². The molecule has 2 heteroatoms. The molecule has 0 aliphatic carbocycles. The molecule has 0 amide bonds. The molecule has 0 aromatic rings. The van der Waals surface area contributed by atoms with Crippen molar-refractivity contribution >= 4 is 0 Å². The fourth-order valence-electron chi connectivity index (χ4n) is 0.898. The van der Waals surface area contributed by atoms with E-state index in [4.69, 9.17) is 9.47 Å². The summed E-state index contributed by atoms with van der Waals surface area (Å²) < 4.78 is 10.6. The molecule has 1 rings (SSSR count). The van der Waals surface area contributed by atoms with Crippen LogP contribution >= 0.6 is 0 Å². The van der Waals surface area contributed by atoms with Gasteiger partial charge in [-0.1, -0.05) is 6.92 Å². The minimum absolute atomic E-state index is 0.00352. The Morgan fingerprint density at radius 1 is 1.22 bits per heavy atom. The van der Waals surface area contributed by atoms with Gasteiger partial charge in [-0.3, -0.25) is 0 Å². The molecule has 0 radical (unpaired) electrons. The lowest BCUT2D eigenvalue weighted by molar-refractivity contribution is -0.219. The van der Waals surface area contributed by atoms with Crippen molar-refractivity contribution in [2.75, 3.05) is 6.61 Å². The van der Waals surface area contributed by atoms with Crippen molar-refractivity contribution in [2.45, 2.75) is 33.2 Å². The van der Waals surface area contributed by atoms with E-state index in [1.54, 1.807) is 0 Å². The molecule has 0 N–H and O–H groups in total. The van der Waals surface area contributed by atoms with E-state index in [1.807, 2.05) is 6.92 Å². The Bertz CT molecular complexity index is 92.9. The van der Waals surface area contributed by atoms with E-state index in [2.05, 4.69) is 13.8 Å². The third kappa shape index (κ3) is 1.66. The zero-order chi connectivity index (χ0) is 6.85. The molecule has 1 fully saturated rings. The lowest BCUT2D eigenvalue weighted by Gasteiger charge is -2.30. The maximum Gasteiger partial charge on any atom is 0.155 e. The van der Waals surface area contributed by atoms with Gasteiger partial charge in [0, 0.05) is 5.92 Å². The van der Waals surface area contributed by atoms with Crippen LogP contribution < -0.4 is 0 Å². The van der Waals surface area contributed by atoms with Gasteiger partial charge in [-0.05, 0) is 13.8 Å². The fourth-order valence-corrected chi connectivity index (χ4v) is 0.898. The predicted molar refractivity (Wildman–Crippen MR) is 35.1 cm³/mol. The molecule has 1 saturated heterocycles. The number of hydrogen-bond donors (Lipinski definition) is 0. The first-order valence-electron chi connectivity index (χ1n) is 3.47. The summed E-state index contributed by atoms with van der Waals surface area (Å²) in [7, 11) is 0. The van der Waals surface area contributed by atoms with Gasteiger partial charge >= 0.3 is 0 Å². The van der Waals surface area contributed by atoms with Crippen LogP contribution in [0.1, 0.15) is 20.8 Å². The molecule has 0 bridgehead atoms. The van der Waals surface area contributed by atoms with E-state index in [1.165, 1.54) is 0 Å². The Labute approximate surface area is 56.2 Å². The van der Waals surface area contributed by atoms with Crippen molar-refractivity contribution < 1.29 is 9.47 Å². The Morgan fingerprint density at radius 2 is 1.89 bits per heavy atom. The minimum Gasteiger partial charge on any atom is -0.353 e. The summed E-state index contributed by atoms with van der Waals surface area (Å²) in [6.07, 6.45) is 0.352. The number of hydrogen-bond acceptors (Lipinski definition) is 2. The number of ether oxygens (including phenoxy) is 2. The molecule has 0 unspecified atom stereocenters. The van der Waals surface area contributed by atoms with Crippen LogP contribution in [0.3, 0.4) is 0 Å². The van der Waals surface area contributed by atoms with Crippen LogP contribution in [0.25, 0.3) is 0 Å². The van der Waals surface area contributed by atoms with Gasteiger partial charge in [-0.15, -0.1) is 0 Å². The highest BCUT2D eigenvalue weighted by molar-refractivity contribution is 4.64. The van der Waals surface area contributed by atoms with Crippen LogP contribution in [0.5, 0.6) is 0 Å². The molecule has 0 aromatic heterocycles. The second-order valence-corrected chi connectivity index (χ2v) is 2.72. The topological polar surface area (TPSA) is 18.5 Å². The summed E-state index contributed by atoms with van der Waals surface area (Å²) in [5, 5.41) is 0. The maximum atomic E-state index is 5.38. The molecule has 2 nitrogen and oxygen atoms in total. The summed E-state index contributed by atoms with van der Waals surface area (Å²) in [6.45, 7) is 6.99.